The van der Waals surface area contributed by atoms with Crippen molar-refractivity contribution >= 4 is 29.2 Å². The Morgan fingerprint density at radius 3 is 2.88 bits per heavy atom. The first-order valence-corrected chi connectivity index (χ1v) is 5.56. The zero-order valence-electron chi connectivity index (χ0n) is 9.37. The van der Waals surface area contributed by atoms with Crippen LogP contribution in [0.15, 0.2) is 36.5 Å². The second-order valence-electron chi connectivity index (χ2n) is 3.73. The molecule has 0 saturated carbocycles. The summed E-state index contributed by atoms with van der Waals surface area (Å²) in [6, 6.07) is 9.72. The Morgan fingerprint density at radius 1 is 1.35 bits per heavy atom. The number of hydrogen-bond donors (Lipinski definition) is 2. The summed E-state index contributed by atoms with van der Waals surface area (Å²) in [7, 11) is 0. The van der Waals surface area contributed by atoms with Crippen LogP contribution in [0.1, 0.15) is 11.1 Å². The monoisotopic (exact) mass is 245 g/mol. The van der Waals surface area contributed by atoms with Crippen LogP contribution in [-0.2, 0) is 0 Å². The van der Waals surface area contributed by atoms with Crippen LogP contribution in [-0.4, -0.2) is 11.2 Å². The van der Waals surface area contributed by atoms with E-state index in [2.05, 4.69) is 10.3 Å². The van der Waals surface area contributed by atoms with Gasteiger partial charge in [-0.25, -0.2) is 4.98 Å². The largest absolute Gasteiger partial charge is 0.355 e. The summed E-state index contributed by atoms with van der Waals surface area (Å²) in [5.74, 6) is 0. The molecule has 86 valence electrons. The maximum Gasteiger partial charge on any atom is 0.131 e. The van der Waals surface area contributed by atoms with Gasteiger partial charge in [-0.3, -0.25) is 0 Å². The van der Waals surface area contributed by atoms with Gasteiger partial charge in [-0.2, -0.15) is 0 Å². The summed E-state index contributed by atoms with van der Waals surface area (Å²) in [6.45, 7) is 2.03. The van der Waals surface area contributed by atoms with Gasteiger partial charge in [0.2, 0.25) is 0 Å². The van der Waals surface area contributed by atoms with Gasteiger partial charge in [-0.15, -0.1) is 0 Å². The Morgan fingerprint density at radius 2 is 2.18 bits per heavy atom. The summed E-state index contributed by atoms with van der Waals surface area (Å²) in [5, 5.41) is 11.0. The van der Waals surface area contributed by atoms with E-state index in [0.29, 0.717) is 10.7 Å². The number of halogens is 1. The lowest BCUT2D eigenvalue weighted by Gasteiger charge is -2.09. The van der Waals surface area contributed by atoms with Crippen molar-refractivity contribution in [2.45, 2.75) is 6.92 Å². The van der Waals surface area contributed by atoms with Gasteiger partial charge < -0.3 is 10.7 Å². The molecule has 3 nitrogen and oxygen atoms in total. The minimum Gasteiger partial charge on any atom is -0.355 e. The topological polar surface area (TPSA) is 48.8 Å². The summed E-state index contributed by atoms with van der Waals surface area (Å²) < 4.78 is 0. The molecule has 0 amide bonds. The molecule has 17 heavy (non-hydrogen) atoms. The zero-order valence-corrected chi connectivity index (χ0v) is 10.1. The predicted molar refractivity (Wildman–Crippen MR) is 71.6 cm³/mol. The van der Waals surface area contributed by atoms with Crippen LogP contribution in [0, 0.1) is 12.3 Å². The number of pyridine rings is 1. The number of benzene rings is 1. The number of anilines is 2. The minimum atomic E-state index is 0.408. The van der Waals surface area contributed by atoms with Crippen molar-refractivity contribution in [3.63, 3.8) is 0 Å². The van der Waals surface area contributed by atoms with Crippen LogP contribution in [0.5, 0.6) is 0 Å². The fourth-order valence-electron chi connectivity index (χ4n) is 1.54. The molecule has 0 aliphatic heterocycles. The van der Waals surface area contributed by atoms with Gasteiger partial charge in [0.1, 0.15) is 5.15 Å². The van der Waals surface area contributed by atoms with E-state index in [1.165, 1.54) is 11.8 Å². The van der Waals surface area contributed by atoms with E-state index >= 15 is 0 Å². The molecule has 2 aromatic rings. The molecule has 0 spiro atoms. The molecule has 1 aromatic carbocycles. The summed E-state index contributed by atoms with van der Waals surface area (Å²) in [6.07, 6.45) is 2.83. The van der Waals surface area contributed by atoms with Crippen molar-refractivity contribution < 1.29 is 0 Å². The number of aromatic nitrogens is 1. The van der Waals surface area contributed by atoms with E-state index in [9.17, 15) is 0 Å². The van der Waals surface area contributed by atoms with Crippen molar-refractivity contribution in [2.24, 2.45) is 0 Å². The van der Waals surface area contributed by atoms with Gasteiger partial charge in [-0.1, -0.05) is 23.7 Å². The van der Waals surface area contributed by atoms with Crippen LogP contribution in [0.3, 0.4) is 0 Å². The Hall–Kier alpha value is -1.87. The van der Waals surface area contributed by atoms with Gasteiger partial charge in [0.25, 0.3) is 0 Å². The molecule has 0 fully saturated rings. The molecule has 0 aliphatic carbocycles. The third kappa shape index (κ3) is 2.82. The Bertz CT molecular complexity index is 552. The van der Waals surface area contributed by atoms with E-state index in [-0.39, 0.29) is 0 Å². The van der Waals surface area contributed by atoms with Gasteiger partial charge in [-0.05, 0) is 30.7 Å². The number of aryl methyl sites for hydroxylation is 1. The Balaban J connectivity index is 2.35. The van der Waals surface area contributed by atoms with Crippen LogP contribution < -0.4 is 5.32 Å². The first-order chi connectivity index (χ1) is 8.19. The predicted octanol–water partition coefficient (Wildman–Crippen LogP) is 3.78. The van der Waals surface area contributed by atoms with E-state index < -0.39 is 0 Å². The third-order valence-electron chi connectivity index (χ3n) is 2.35. The zero-order chi connectivity index (χ0) is 12.3. The van der Waals surface area contributed by atoms with Gasteiger partial charge in [0.15, 0.2) is 0 Å². The van der Waals surface area contributed by atoms with Gasteiger partial charge >= 0.3 is 0 Å². The Labute approximate surface area is 105 Å². The second kappa shape index (κ2) is 4.97. The summed E-state index contributed by atoms with van der Waals surface area (Å²) in [5.41, 5.74) is 3.63. The van der Waals surface area contributed by atoms with Crippen LogP contribution in [0.2, 0.25) is 5.15 Å². The van der Waals surface area contributed by atoms with Crippen molar-refractivity contribution in [3.05, 3.63) is 52.8 Å². The number of hydrogen-bond acceptors (Lipinski definition) is 3. The quantitative estimate of drug-likeness (QED) is 0.639. The maximum absolute atomic E-state index is 7.32. The molecule has 0 bridgehead atoms. The summed E-state index contributed by atoms with van der Waals surface area (Å²) >= 11 is 5.85. The molecular formula is C13H12ClN3. The minimum absolute atomic E-state index is 0.408. The lowest BCUT2D eigenvalue weighted by Crippen LogP contribution is -1.96. The maximum atomic E-state index is 7.32. The molecular weight excluding hydrogens is 234 g/mol. The lowest BCUT2D eigenvalue weighted by molar-refractivity contribution is 1.31. The first-order valence-electron chi connectivity index (χ1n) is 5.19. The molecule has 1 heterocycles. The van der Waals surface area contributed by atoms with Crippen LogP contribution in [0.25, 0.3) is 0 Å². The third-order valence-corrected chi connectivity index (χ3v) is 2.56. The van der Waals surface area contributed by atoms with E-state index in [4.69, 9.17) is 17.0 Å². The molecule has 0 unspecified atom stereocenters. The first kappa shape index (κ1) is 11.6. The molecule has 0 aliphatic rings. The smallest absolute Gasteiger partial charge is 0.131 e. The molecule has 4 heteroatoms. The molecule has 1 aromatic heterocycles. The van der Waals surface area contributed by atoms with Gasteiger partial charge in [0.05, 0.1) is 5.69 Å². The SMILES string of the molecule is Cc1cccc(Nc2cc(Cl)ncc2C=N)c1. The molecule has 0 atom stereocenters. The van der Waals surface area contributed by atoms with Crippen molar-refractivity contribution in [2.75, 3.05) is 5.32 Å². The van der Waals surface area contributed by atoms with E-state index in [1.807, 2.05) is 31.2 Å². The fraction of sp³-hybridized carbons (Fsp3) is 0.0769. The molecule has 2 rings (SSSR count). The highest BCUT2D eigenvalue weighted by Gasteiger charge is 2.03. The average molecular weight is 246 g/mol. The number of rotatable bonds is 3. The van der Waals surface area contributed by atoms with E-state index in [1.54, 1.807) is 12.3 Å². The van der Waals surface area contributed by atoms with Crippen LogP contribution in [0.4, 0.5) is 11.4 Å². The number of nitrogens with zero attached hydrogens (tertiary/aromatic N) is 1. The average Bonchev–Trinajstić information content (AvgIpc) is 2.29. The molecule has 2 N–H and O–H groups in total. The highest BCUT2D eigenvalue weighted by Crippen LogP contribution is 2.22. The second-order valence-corrected chi connectivity index (χ2v) is 4.12. The van der Waals surface area contributed by atoms with E-state index in [0.717, 1.165) is 11.4 Å². The van der Waals surface area contributed by atoms with Crippen molar-refractivity contribution in [3.8, 4) is 0 Å². The normalized spacial score (nSPS) is 10.0. The fourth-order valence-corrected chi connectivity index (χ4v) is 1.70. The molecule has 0 saturated heterocycles. The standard InChI is InChI=1S/C13H12ClN3/c1-9-3-2-4-11(5-9)17-12-6-13(14)16-8-10(12)7-15/h2-8,15H,1H3,(H,16,17). The van der Waals surface area contributed by atoms with Crippen LogP contribution >= 0.6 is 11.6 Å². The number of nitrogens with one attached hydrogen (secondary N) is 2. The highest BCUT2D eigenvalue weighted by atomic mass is 35.5. The van der Waals surface area contributed by atoms with Crippen molar-refractivity contribution in [1.82, 2.24) is 4.98 Å². The molecule has 0 radical (unpaired) electrons. The van der Waals surface area contributed by atoms with Gasteiger partial charge in [0, 0.05) is 23.7 Å². The van der Waals surface area contributed by atoms with Crippen molar-refractivity contribution in [1.29, 1.82) is 5.41 Å². The lowest BCUT2D eigenvalue weighted by atomic mass is 10.2. The highest BCUT2D eigenvalue weighted by molar-refractivity contribution is 6.29. The Kier molecular flexibility index (Phi) is 3.40. The summed E-state index contributed by atoms with van der Waals surface area (Å²) in [4.78, 5) is 3.94.